The van der Waals surface area contributed by atoms with E-state index in [0.717, 1.165) is 23.4 Å². The lowest BCUT2D eigenvalue weighted by atomic mass is 10.1. The molecule has 2 amide bonds. The summed E-state index contributed by atoms with van der Waals surface area (Å²) >= 11 is 12.2. The number of carbonyl (C=O) groups excluding carboxylic acids is 2. The predicted molar refractivity (Wildman–Crippen MR) is 140 cm³/mol. The number of amides is 2. The lowest BCUT2D eigenvalue weighted by Crippen LogP contribution is -2.51. The quantitative estimate of drug-likeness (QED) is 0.406. The van der Waals surface area contributed by atoms with Crippen LogP contribution >= 0.6 is 23.2 Å². The molecule has 0 radical (unpaired) electrons. The van der Waals surface area contributed by atoms with Crippen molar-refractivity contribution >= 4 is 50.7 Å². The summed E-state index contributed by atoms with van der Waals surface area (Å²) in [5, 5.41) is 3.59. The van der Waals surface area contributed by atoms with Gasteiger partial charge < -0.3 is 15.0 Å². The Bertz CT molecular complexity index is 1140. The Hall–Kier alpha value is -2.49. The normalized spacial score (nSPS) is 12.1. The minimum absolute atomic E-state index is 0.0615. The molecule has 0 fully saturated rings. The van der Waals surface area contributed by atoms with Crippen molar-refractivity contribution in [3.63, 3.8) is 0 Å². The van der Waals surface area contributed by atoms with Gasteiger partial charge in [-0.3, -0.25) is 13.9 Å². The molecule has 0 aliphatic carbocycles. The number of carbonyl (C=O) groups is 2. The van der Waals surface area contributed by atoms with Gasteiger partial charge in [0.05, 0.1) is 19.1 Å². The molecule has 2 aromatic rings. The van der Waals surface area contributed by atoms with Crippen LogP contribution in [0.3, 0.4) is 0 Å². The van der Waals surface area contributed by atoms with Gasteiger partial charge in [0, 0.05) is 23.1 Å². The minimum Gasteiger partial charge on any atom is -0.495 e. The van der Waals surface area contributed by atoms with Gasteiger partial charge in [0.1, 0.15) is 18.3 Å². The molecular formula is C24H31Cl2N3O5S. The summed E-state index contributed by atoms with van der Waals surface area (Å²) < 4.78 is 31.6. The van der Waals surface area contributed by atoms with Gasteiger partial charge in [-0.15, -0.1) is 0 Å². The number of ether oxygens (including phenoxy) is 1. The highest BCUT2D eigenvalue weighted by atomic mass is 35.5. The van der Waals surface area contributed by atoms with Crippen molar-refractivity contribution in [2.75, 3.05) is 30.8 Å². The number of nitrogens with one attached hydrogen (secondary N) is 1. The van der Waals surface area contributed by atoms with Crippen LogP contribution in [0.2, 0.25) is 10.0 Å². The van der Waals surface area contributed by atoms with Crippen LogP contribution in [0.15, 0.2) is 42.5 Å². The van der Waals surface area contributed by atoms with Crippen LogP contribution in [0, 0.1) is 0 Å². The summed E-state index contributed by atoms with van der Waals surface area (Å²) in [6.07, 6.45) is 2.70. The number of anilines is 1. The third kappa shape index (κ3) is 8.30. The van der Waals surface area contributed by atoms with Gasteiger partial charge in [0.25, 0.3) is 0 Å². The number of sulfonamides is 1. The molecular weight excluding hydrogens is 513 g/mol. The molecule has 35 heavy (non-hydrogen) atoms. The molecule has 0 aliphatic rings. The Balaban J connectivity index is 2.42. The third-order valence-electron chi connectivity index (χ3n) is 5.33. The number of rotatable bonds is 12. The lowest BCUT2D eigenvalue weighted by Gasteiger charge is -2.32. The van der Waals surface area contributed by atoms with Gasteiger partial charge in [-0.2, -0.15) is 0 Å². The summed E-state index contributed by atoms with van der Waals surface area (Å²) in [4.78, 5) is 27.7. The molecule has 11 heteroatoms. The fourth-order valence-electron chi connectivity index (χ4n) is 3.40. The fourth-order valence-corrected chi connectivity index (χ4v) is 4.63. The number of benzene rings is 2. The van der Waals surface area contributed by atoms with E-state index in [1.54, 1.807) is 37.3 Å². The molecule has 0 saturated heterocycles. The van der Waals surface area contributed by atoms with Gasteiger partial charge in [-0.05, 0) is 49.2 Å². The number of unbranched alkanes of at least 4 members (excludes halogenated alkanes) is 1. The summed E-state index contributed by atoms with van der Waals surface area (Å²) in [5.74, 6) is -0.671. The van der Waals surface area contributed by atoms with Gasteiger partial charge >= 0.3 is 0 Å². The minimum atomic E-state index is -3.91. The zero-order valence-corrected chi connectivity index (χ0v) is 22.6. The molecule has 0 unspecified atom stereocenters. The zero-order chi connectivity index (χ0) is 26.2. The second-order valence-corrected chi connectivity index (χ2v) is 10.8. The van der Waals surface area contributed by atoms with Crippen molar-refractivity contribution in [3.8, 4) is 5.75 Å². The topological polar surface area (TPSA) is 96.0 Å². The van der Waals surface area contributed by atoms with Crippen LogP contribution in [-0.4, -0.2) is 57.6 Å². The monoisotopic (exact) mass is 543 g/mol. The number of nitrogens with zero attached hydrogens (tertiary/aromatic N) is 2. The van der Waals surface area contributed by atoms with E-state index in [1.165, 1.54) is 24.1 Å². The first-order valence-electron chi connectivity index (χ1n) is 11.1. The van der Waals surface area contributed by atoms with Crippen molar-refractivity contribution in [2.45, 2.75) is 39.3 Å². The molecule has 2 aromatic carbocycles. The van der Waals surface area contributed by atoms with E-state index in [2.05, 4.69) is 5.32 Å². The largest absolute Gasteiger partial charge is 0.495 e. The van der Waals surface area contributed by atoms with E-state index in [-0.39, 0.29) is 28.9 Å². The van der Waals surface area contributed by atoms with Crippen LogP contribution in [0.1, 0.15) is 32.3 Å². The van der Waals surface area contributed by atoms with Crippen LogP contribution in [0.4, 0.5) is 5.69 Å². The van der Waals surface area contributed by atoms with E-state index < -0.39 is 28.5 Å². The van der Waals surface area contributed by atoms with Gasteiger partial charge in [0.15, 0.2) is 0 Å². The third-order valence-corrected chi connectivity index (χ3v) is 6.92. The smallest absolute Gasteiger partial charge is 0.244 e. The van der Waals surface area contributed by atoms with Crippen molar-refractivity contribution < 1.29 is 22.7 Å². The van der Waals surface area contributed by atoms with Crippen LogP contribution < -0.4 is 14.4 Å². The highest BCUT2D eigenvalue weighted by Gasteiger charge is 2.31. The van der Waals surface area contributed by atoms with Crippen LogP contribution in [-0.2, 0) is 26.2 Å². The number of halogens is 2. The van der Waals surface area contributed by atoms with Crippen LogP contribution in [0.5, 0.6) is 5.75 Å². The van der Waals surface area contributed by atoms with Gasteiger partial charge in [-0.25, -0.2) is 8.42 Å². The highest BCUT2D eigenvalue weighted by Crippen LogP contribution is 2.33. The fraction of sp³-hybridized carbons (Fsp3) is 0.417. The SMILES string of the molecule is CCCCNC(=O)[C@@H](C)N(Cc1cccc(Cl)c1)C(=O)CN(c1cc(Cl)ccc1OC)S(C)(=O)=O. The van der Waals surface area contributed by atoms with Crippen LogP contribution in [0.25, 0.3) is 0 Å². The molecule has 192 valence electrons. The van der Waals surface area contributed by atoms with E-state index in [4.69, 9.17) is 27.9 Å². The Morgan fingerprint density at radius 1 is 1.11 bits per heavy atom. The average Bonchev–Trinajstić information content (AvgIpc) is 2.79. The molecule has 0 bridgehead atoms. The molecule has 0 aromatic heterocycles. The molecule has 0 saturated carbocycles. The average molecular weight is 545 g/mol. The van der Waals surface area contributed by atoms with Crippen molar-refractivity contribution in [1.82, 2.24) is 10.2 Å². The van der Waals surface area contributed by atoms with Crippen molar-refractivity contribution in [2.24, 2.45) is 0 Å². The van der Waals surface area contributed by atoms with Gasteiger partial charge in [-0.1, -0.05) is 48.7 Å². The molecule has 0 heterocycles. The summed E-state index contributed by atoms with van der Waals surface area (Å²) in [5.41, 5.74) is 0.823. The lowest BCUT2D eigenvalue weighted by molar-refractivity contribution is -0.139. The summed E-state index contributed by atoms with van der Waals surface area (Å²) in [6, 6.07) is 10.5. The van der Waals surface area contributed by atoms with E-state index >= 15 is 0 Å². The number of hydrogen-bond donors (Lipinski definition) is 1. The molecule has 8 nitrogen and oxygen atoms in total. The molecule has 2 rings (SSSR count). The second kappa shape index (κ2) is 13.0. The Morgan fingerprint density at radius 3 is 2.40 bits per heavy atom. The molecule has 0 aliphatic heterocycles. The maximum absolute atomic E-state index is 13.6. The molecule has 1 N–H and O–H groups in total. The second-order valence-electron chi connectivity index (χ2n) is 8.06. The first-order chi connectivity index (χ1) is 16.5. The first kappa shape index (κ1) is 28.7. The Labute approximate surface area is 217 Å². The van der Waals surface area contributed by atoms with Gasteiger partial charge in [0.2, 0.25) is 21.8 Å². The number of methoxy groups -OCH3 is 1. The van der Waals surface area contributed by atoms with E-state index in [0.29, 0.717) is 17.1 Å². The summed E-state index contributed by atoms with van der Waals surface area (Å²) in [6.45, 7) is 3.60. The predicted octanol–water partition coefficient (Wildman–Crippen LogP) is 4.10. The Kier molecular flexibility index (Phi) is 10.7. The van der Waals surface area contributed by atoms with E-state index in [1.807, 2.05) is 6.92 Å². The Morgan fingerprint density at radius 2 is 1.80 bits per heavy atom. The molecule has 0 spiro atoms. The zero-order valence-electron chi connectivity index (χ0n) is 20.3. The van der Waals surface area contributed by atoms with E-state index in [9.17, 15) is 18.0 Å². The van der Waals surface area contributed by atoms with Crippen molar-refractivity contribution in [1.29, 1.82) is 0 Å². The summed E-state index contributed by atoms with van der Waals surface area (Å²) in [7, 11) is -2.52. The first-order valence-corrected chi connectivity index (χ1v) is 13.7. The molecule has 1 atom stereocenters. The maximum atomic E-state index is 13.6. The van der Waals surface area contributed by atoms with Crippen molar-refractivity contribution in [3.05, 3.63) is 58.1 Å². The maximum Gasteiger partial charge on any atom is 0.244 e. The number of hydrogen-bond acceptors (Lipinski definition) is 5. The standard InChI is InChI=1S/C24H31Cl2N3O5S/c1-5-6-12-27-24(31)17(2)28(15-18-8-7-9-19(25)13-18)23(30)16-29(35(4,32)33)21-14-20(26)10-11-22(21)34-3/h7-11,13-14,17H,5-6,12,15-16H2,1-4H3,(H,27,31)/t17-/m1/s1. The highest BCUT2D eigenvalue weighted by molar-refractivity contribution is 7.92.